The zero-order chi connectivity index (χ0) is 17.1. The predicted molar refractivity (Wildman–Crippen MR) is 90.8 cm³/mol. The molecular formula is C18H21N3O3. The van der Waals surface area contributed by atoms with Crippen molar-refractivity contribution in [2.75, 3.05) is 19.6 Å². The molecule has 2 heterocycles. The molecular weight excluding hydrogens is 306 g/mol. The summed E-state index contributed by atoms with van der Waals surface area (Å²) in [6.45, 7) is 3.59. The zero-order valence-corrected chi connectivity index (χ0v) is 13.7. The summed E-state index contributed by atoms with van der Waals surface area (Å²) in [6, 6.07) is 7.44. The van der Waals surface area contributed by atoms with Crippen LogP contribution in [0.4, 0.5) is 0 Å². The maximum Gasteiger partial charge on any atom is 0.292 e. The molecule has 1 fully saturated rings. The first-order chi connectivity index (χ1) is 11.6. The summed E-state index contributed by atoms with van der Waals surface area (Å²) >= 11 is 0. The number of nitrogens with zero attached hydrogens (tertiary/aromatic N) is 1. The molecule has 1 aliphatic heterocycles. The second-order valence-electron chi connectivity index (χ2n) is 6.09. The van der Waals surface area contributed by atoms with Crippen LogP contribution in [0.2, 0.25) is 0 Å². The van der Waals surface area contributed by atoms with Crippen LogP contribution in [0.3, 0.4) is 0 Å². The van der Waals surface area contributed by atoms with Gasteiger partial charge in [-0.15, -0.1) is 0 Å². The van der Waals surface area contributed by atoms with E-state index < -0.39 is 11.7 Å². The first kappa shape index (κ1) is 16.2. The number of aryl methyl sites for hydroxylation is 1. The average Bonchev–Trinajstić information content (AvgIpc) is 3.12. The van der Waals surface area contributed by atoms with Crippen molar-refractivity contribution in [2.45, 2.75) is 26.2 Å². The van der Waals surface area contributed by atoms with Crippen LogP contribution in [0.1, 0.15) is 35.3 Å². The molecule has 1 aromatic carbocycles. The van der Waals surface area contributed by atoms with E-state index in [4.69, 9.17) is 0 Å². The number of amides is 2. The van der Waals surface area contributed by atoms with Gasteiger partial charge in [0.1, 0.15) is 0 Å². The van der Waals surface area contributed by atoms with Crippen LogP contribution in [0.5, 0.6) is 0 Å². The van der Waals surface area contributed by atoms with Crippen LogP contribution in [0.25, 0.3) is 10.9 Å². The number of fused-ring (bicyclic) bond motifs is 1. The summed E-state index contributed by atoms with van der Waals surface area (Å²) in [6.07, 6.45) is 2.17. The molecule has 0 atom stereocenters. The number of nitrogens with one attached hydrogen (secondary N) is 2. The number of para-hydroxylation sites is 1. The van der Waals surface area contributed by atoms with Gasteiger partial charge in [-0.05, 0) is 25.8 Å². The molecule has 0 spiro atoms. The van der Waals surface area contributed by atoms with E-state index in [-0.39, 0.29) is 5.91 Å². The van der Waals surface area contributed by atoms with Gasteiger partial charge in [0, 0.05) is 42.7 Å². The van der Waals surface area contributed by atoms with Crippen molar-refractivity contribution in [2.24, 2.45) is 0 Å². The Bertz CT molecular complexity index is 794. The van der Waals surface area contributed by atoms with E-state index in [2.05, 4.69) is 10.3 Å². The minimum atomic E-state index is -0.601. The van der Waals surface area contributed by atoms with Crippen LogP contribution in [-0.2, 0) is 9.59 Å². The third kappa shape index (κ3) is 3.18. The summed E-state index contributed by atoms with van der Waals surface area (Å²) in [5, 5.41) is 3.42. The number of carbonyl (C=O) groups is 3. The fraction of sp³-hybridized carbons (Fsp3) is 0.389. The quantitative estimate of drug-likeness (QED) is 0.482. The van der Waals surface area contributed by atoms with Gasteiger partial charge >= 0.3 is 0 Å². The predicted octanol–water partition coefficient (Wildman–Crippen LogP) is 1.79. The Kier molecular flexibility index (Phi) is 4.64. The highest BCUT2D eigenvalue weighted by atomic mass is 16.2. The number of Topliss-reactive ketones (excluding diaryl/α,β-unsaturated/α-hetero) is 1. The number of hydrogen-bond donors (Lipinski definition) is 2. The smallest absolute Gasteiger partial charge is 0.292 e. The van der Waals surface area contributed by atoms with Crippen molar-refractivity contribution < 1.29 is 14.4 Å². The lowest BCUT2D eigenvalue weighted by Gasteiger charge is -2.15. The normalized spacial score (nSPS) is 14.4. The Morgan fingerprint density at radius 1 is 1.29 bits per heavy atom. The number of benzene rings is 1. The number of ketones is 1. The Morgan fingerprint density at radius 3 is 2.83 bits per heavy atom. The monoisotopic (exact) mass is 327 g/mol. The summed E-state index contributed by atoms with van der Waals surface area (Å²) in [5.41, 5.74) is 1.97. The van der Waals surface area contributed by atoms with Crippen molar-refractivity contribution in [3.05, 3.63) is 35.5 Å². The number of carbonyl (C=O) groups excluding carboxylic acids is 3. The molecule has 6 nitrogen and oxygen atoms in total. The van der Waals surface area contributed by atoms with E-state index in [1.165, 1.54) is 0 Å². The van der Waals surface area contributed by atoms with Gasteiger partial charge in [-0.3, -0.25) is 14.4 Å². The number of hydrogen-bond acceptors (Lipinski definition) is 3. The lowest BCUT2D eigenvalue weighted by Crippen LogP contribution is -2.34. The topological polar surface area (TPSA) is 82.3 Å². The largest absolute Gasteiger partial charge is 0.358 e. The fourth-order valence-corrected chi connectivity index (χ4v) is 3.18. The summed E-state index contributed by atoms with van der Waals surface area (Å²) in [4.78, 5) is 41.0. The van der Waals surface area contributed by atoms with Crippen LogP contribution in [-0.4, -0.2) is 47.1 Å². The van der Waals surface area contributed by atoms with Gasteiger partial charge in [-0.25, -0.2) is 0 Å². The summed E-state index contributed by atoms with van der Waals surface area (Å²) in [7, 11) is 0. The number of rotatable bonds is 6. The maximum atomic E-state index is 12.4. The fourth-order valence-electron chi connectivity index (χ4n) is 3.18. The molecule has 0 radical (unpaired) electrons. The molecule has 2 N–H and O–H groups in total. The Balaban J connectivity index is 1.57. The molecule has 0 bridgehead atoms. The van der Waals surface area contributed by atoms with Gasteiger partial charge in [0.2, 0.25) is 5.91 Å². The second-order valence-corrected chi connectivity index (χ2v) is 6.09. The molecule has 126 valence electrons. The highest BCUT2D eigenvalue weighted by Gasteiger charge is 2.23. The molecule has 0 aliphatic carbocycles. The molecule has 2 amide bonds. The van der Waals surface area contributed by atoms with Crippen molar-refractivity contribution in [1.82, 2.24) is 15.2 Å². The van der Waals surface area contributed by atoms with Gasteiger partial charge in [-0.2, -0.15) is 0 Å². The second kappa shape index (κ2) is 6.86. The lowest BCUT2D eigenvalue weighted by atomic mass is 10.1. The van der Waals surface area contributed by atoms with E-state index in [9.17, 15) is 14.4 Å². The van der Waals surface area contributed by atoms with Gasteiger partial charge in [0.15, 0.2) is 0 Å². The maximum absolute atomic E-state index is 12.4. The average molecular weight is 327 g/mol. The number of H-pyrrole nitrogens is 1. The molecule has 0 unspecified atom stereocenters. The molecule has 0 saturated carbocycles. The van der Waals surface area contributed by atoms with Crippen LogP contribution >= 0.6 is 0 Å². The molecule has 24 heavy (non-hydrogen) atoms. The Hall–Kier alpha value is -2.63. The van der Waals surface area contributed by atoms with Crippen molar-refractivity contribution in [3.8, 4) is 0 Å². The standard InChI is InChI=1S/C18H21N3O3/c1-12-16(13-6-2-3-7-14(13)20-12)17(23)18(24)19-9-5-11-21-10-4-8-15(21)22/h2-3,6-7,20H,4-5,8-11H2,1H3,(H,19,24). The van der Waals surface area contributed by atoms with Gasteiger partial charge in [-0.1, -0.05) is 18.2 Å². The Morgan fingerprint density at radius 2 is 2.08 bits per heavy atom. The number of aromatic nitrogens is 1. The SMILES string of the molecule is Cc1[nH]c2ccccc2c1C(=O)C(=O)NCCCN1CCCC1=O. The third-order valence-electron chi connectivity index (χ3n) is 4.39. The highest BCUT2D eigenvalue weighted by Crippen LogP contribution is 2.22. The zero-order valence-electron chi connectivity index (χ0n) is 13.7. The van der Waals surface area contributed by atoms with Crippen LogP contribution < -0.4 is 5.32 Å². The van der Waals surface area contributed by atoms with E-state index in [1.807, 2.05) is 24.3 Å². The number of likely N-dealkylation sites (tertiary alicyclic amines) is 1. The van der Waals surface area contributed by atoms with E-state index in [1.54, 1.807) is 11.8 Å². The first-order valence-electron chi connectivity index (χ1n) is 8.25. The minimum absolute atomic E-state index is 0.173. The highest BCUT2D eigenvalue weighted by molar-refractivity contribution is 6.45. The van der Waals surface area contributed by atoms with Gasteiger partial charge < -0.3 is 15.2 Å². The minimum Gasteiger partial charge on any atom is -0.358 e. The van der Waals surface area contributed by atoms with Crippen LogP contribution in [0.15, 0.2) is 24.3 Å². The third-order valence-corrected chi connectivity index (χ3v) is 4.39. The number of aromatic amines is 1. The molecule has 1 saturated heterocycles. The van der Waals surface area contributed by atoms with E-state index in [0.717, 1.165) is 23.9 Å². The van der Waals surface area contributed by atoms with Crippen LogP contribution in [0, 0.1) is 6.92 Å². The summed E-state index contributed by atoms with van der Waals surface area (Å²) in [5.74, 6) is -0.954. The first-order valence-corrected chi connectivity index (χ1v) is 8.25. The van der Waals surface area contributed by atoms with E-state index >= 15 is 0 Å². The van der Waals surface area contributed by atoms with E-state index in [0.29, 0.717) is 37.2 Å². The lowest BCUT2D eigenvalue weighted by molar-refractivity contribution is -0.127. The molecule has 1 aliphatic rings. The van der Waals surface area contributed by atoms with Crippen molar-refractivity contribution in [3.63, 3.8) is 0 Å². The molecule has 3 rings (SSSR count). The molecule has 6 heteroatoms. The molecule has 2 aromatic rings. The molecule has 1 aromatic heterocycles. The van der Waals surface area contributed by atoms with Crippen molar-refractivity contribution in [1.29, 1.82) is 0 Å². The van der Waals surface area contributed by atoms with Crippen molar-refractivity contribution >= 4 is 28.5 Å². The summed E-state index contributed by atoms with van der Waals surface area (Å²) < 4.78 is 0. The van der Waals surface area contributed by atoms with Gasteiger partial charge in [0.25, 0.3) is 11.7 Å². The van der Waals surface area contributed by atoms with Gasteiger partial charge in [0.05, 0.1) is 5.56 Å². The Labute approximate surface area is 140 Å².